The van der Waals surface area contributed by atoms with Gasteiger partial charge in [0.25, 0.3) is 11.8 Å². The van der Waals surface area contributed by atoms with E-state index in [4.69, 9.17) is 4.74 Å². The highest BCUT2D eigenvalue weighted by molar-refractivity contribution is 5.99. The summed E-state index contributed by atoms with van der Waals surface area (Å²) in [4.78, 5) is 44.5. The van der Waals surface area contributed by atoms with Crippen molar-refractivity contribution in [3.63, 3.8) is 0 Å². The molecule has 8 nitrogen and oxygen atoms in total. The van der Waals surface area contributed by atoms with Crippen molar-refractivity contribution in [3.8, 4) is 5.75 Å². The molecule has 3 heterocycles. The first-order valence-electron chi connectivity index (χ1n) is 10.1. The largest absolute Gasteiger partial charge is 0.489 e. The van der Waals surface area contributed by atoms with Crippen molar-refractivity contribution in [2.75, 3.05) is 32.7 Å². The van der Waals surface area contributed by atoms with Gasteiger partial charge >= 0.3 is 0 Å². The number of amides is 3. The second-order valence-electron chi connectivity index (χ2n) is 7.42. The van der Waals surface area contributed by atoms with E-state index in [2.05, 4.69) is 10.3 Å². The van der Waals surface area contributed by atoms with E-state index in [1.54, 1.807) is 47.6 Å². The van der Waals surface area contributed by atoms with Crippen LogP contribution >= 0.6 is 0 Å². The van der Waals surface area contributed by atoms with Crippen LogP contribution in [0.25, 0.3) is 0 Å². The summed E-state index contributed by atoms with van der Waals surface area (Å²) in [6, 6.07) is 10.6. The van der Waals surface area contributed by atoms with Crippen LogP contribution in [-0.2, 0) is 4.79 Å². The highest BCUT2D eigenvalue weighted by Crippen LogP contribution is 2.25. The number of piperidine rings is 1. The predicted octanol–water partition coefficient (Wildman–Crippen LogP) is 1.34. The number of benzene rings is 1. The van der Waals surface area contributed by atoms with Crippen LogP contribution in [0.15, 0.2) is 48.8 Å². The van der Waals surface area contributed by atoms with Crippen LogP contribution in [0.2, 0.25) is 0 Å². The van der Waals surface area contributed by atoms with E-state index in [1.165, 1.54) is 4.90 Å². The van der Waals surface area contributed by atoms with Crippen LogP contribution in [0.1, 0.15) is 33.6 Å². The van der Waals surface area contributed by atoms with Gasteiger partial charge in [-0.1, -0.05) is 12.1 Å². The molecule has 8 heteroatoms. The molecule has 0 atom stereocenters. The van der Waals surface area contributed by atoms with E-state index in [1.807, 2.05) is 6.07 Å². The molecular formula is C22H24N4O4. The van der Waals surface area contributed by atoms with Crippen molar-refractivity contribution in [3.05, 3.63) is 59.9 Å². The van der Waals surface area contributed by atoms with E-state index in [0.717, 1.165) is 0 Å². The number of aromatic nitrogens is 1. The molecule has 2 fully saturated rings. The minimum atomic E-state index is -0.204. The number of carbonyl (C=O) groups excluding carboxylic acids is 3. The zero-order valence-corrected chi connectivity index (χ0v) is 16.6. The second-order valence-corrected chi connectivity index (χ2v) is 7.42. The fourth-order valence-electron chi connectivity index (χ4n) is 3.76. The molecule has 0 aliphatic carbocycles. The van der Waals surface area contributed by atoms with Crippen molar-refractivity contribution < 1.29 is 19.1 Å². The molecule has 0 bridgehead atoms. The SMILES string of the molecule is O=C1CN(C(=O)c2ccccc2OC2CCN(C(=O)c3cccnc3)CC2)CCN1. The number of likely N-dealkylation sites (tertiary alicyclic amines) is 1. The summed E-state index contributed by atoms with van der Waals surface area (Å²) in [7, 11) is 0. The third-order valence-corrected chi connectivity index (χ3v) is 5.37. The van der Waals surface area contributed by atoms with Crippen LogP contribution in [0.5, 0.6) is 5.75 Å². The normalized spacial score (nSPS) is 17.4. The van der Waals surface area contributed by atoms with Crippen molar-refractivity contribution in [2.24, 2.45) is 0 Å². The van der Waals surface area contributed by atoms with E-state index < -0.39 is 0 Å². The molecule has 156 valence electrons. The Morgan fingerprint density at radius 2 is 1.80 bits per heavy atom. The number of piperazine rings is 1. The summed E-state index contributed by atoms with van der Waals surface area (Å²) >= 11 is 0. The number of para-hydroxylation sites is 1. The molecule has 1 aromatic carbocycles. The van der Waals surface area contributed by atoms with Gasteiger partial charge in [-0.15, -0.1) is 0 Å². The Morgan fingerprint density at radius 1 is 1.00 bits per heavy atom. The van der Waals surface area contributed by atoms with Gasteiger partial charge in [0, 0.05) is 51.4 Å². The Hall–Kier alpha value is -3.42. The lowest BCUT2D eigenvalue weighted by atomic mass is 10.1. The maximum Gasteiger partial charge on any atom is 0.258 e. The number of pyridine rings is 1. The summed E-state index contributed by atoms with van der Waals surface area (Å²) in [5.74, 6) is 0.134. The zero-order valence-electron chi connectivity index (χ0n) is 16.6. The third kappa shape index (κ3) is 4.42. The molecule has 2 aromatic rings. The predicted molar refractivity (Wildman–Crippen MR) is 109 cm³/mol. The van der Waals surface area contributed by atoms with E-state index >= 15 is 0 Å². The van der Waals surface area contributed by atoms with Crippen molar-refractivity contribution in [2.45, 2.75) is 18.9 Å². The van der Waals surface area contributed by atoms with Gasteiger partial charge in [-0.3, -0.25) is 19.4 Å². The molecular weight excluding hydrogens is 384 g/mol. The van der Waals surface area contributed by atoms with Gasteiger partial charge in [0.05, 0.1) is 17.7 Å². The molecule has 4 rings (SSSR count). The maximum absolute atomic E-state index is 12.9. The van der Waals surface area contributed by atoms with E-state index in [-0.39, 0.29) is 30.4 Å². The minimum Gasteiger partial charge on any atom is -0.489 e. The average Bonchev–Trinajstić information content (AvgIpc) is 2.79. The lowest BCUT2D eigenvalue weighted by Gasteiger charge is -2.33. The Kier molecular flexibility index (Phi) is 5.92. The molecule has 1 N–H and O–H groups in total. The summed E-state index contributed by atoms with van der Waals surface area (Å²) in [6.45, 7) is 2.16. The second kappa shape index (κ2) is 8.94. The van der Waals surface area contributed by atoms with Crippen molar-refractivity contribution in [1.82, 2.24) is 20.1 Å². The van der Waals surface area contributed by atoms with E-state index in [0.29, 0.717) is 55.9 Å². The molecule has 0 unspecified atom stereocenters. The summed E-state index contributed by atoms with van der Waals surface area (Å²) < 4.78 is 6.16. The number of nitrogens with zero attached hydrogens (tertiary/aromatic N) is 3. The molecule has 2 saturated heterocycles. The van der Waals surface area contributed by atoms with Gasteiger partial charge in [-0.25, -0.2) is 0 Å². The lowest BCUT2D eigenvalue weighted by Crippen LogP contribution is -2.50. The molecule has 2 aliphatic rings. The Labute approximate surface area is 174 Å². The number of carbonyl (C=O) groups is 3. The smallest absolute Gasteiger partial charge is 0.258 e. The number of ether oxygens (including phenoxy) is 1. The van der Waals surface area contributed by atoms with Gasteiger partial charge < -0.3 is 19.9 Å². The fraction of sp³-hybridized carbons (Fsp3) is 0.364. The molecule has 0 radical (unpaired) electrons. The molecule has 30 heavy (non-hydrogen) atoms. The summed E-state index contributed by atoms with van der Waals surface area (Å²) in [6.07, 6.45) is 4.50. The summed E-state index contributed by atoms with van der Waals surface area (Å²) in [5.41, 5.74) is 1.04. The van der Waals surface area contributed by atoms with Crippen LogP contribution in [0.4, 0.5) is 0 Å². The van der Waals surface area contributed by atoms with Gasteiger partial charge in [0.2, 0.25) is 5.91 Å². The molecule has 3 amide bonds. The van der Waals surface area contributed by atoms with Crippen LogP contribution in [0.3, 0.4) is 0 Å². The first-order chi connectivity index (χ1) is 14.6. The zero-order chi connectivity index (χ0) is 20.9. The van der Waals surface area contributed by atoms with Crippen molar-refractivity contribution >= 4 is 17.7 Å². The number of rotatable bonds is 4. The molecule has 0 saturated carbocycles. The Bertz CT molecular complexity index is 926. The Morgan fingerprint density at radius 3 is 2.53 bits per heavy atom. The van der Waals surface area contributed by atoms with Gasteiger partial charge in [0.1, 0.15) is 11.9 Å². The number of hydrogen-bond acceptors (Lipinski definition) is 5. The van der Waals surface area contributed by atoms with E-state index in [9.17, 15) is 14.4 Å². The quantitative estimate of drug-likeness (QED) is 0.824. The minimum absolute atomic E-state index is 0.0273. The van der Waals surface area contributed by atoms with Crippen molar-refractivity contribution in [1.29, 1.82) is 0 Å². The lowest BCUT2D eigenvalue weighted by molar-refractivity contribution is -0.123. The topological polar surface area (TPSA) is 91.8 Å². The average molecular weight is 408 g/mol. The van der Waals surface area contributed by atoms with Gasteiger partial charge in [-0.05, 0) is 24.3 Å². The Balaban J connectivity index is 1.38. The van der Waals surface area contributed by atoms with Gasteiger partial charge in [-0.2, -0.15) is 0 Å². The highest BCUT2D eigenvalue weighted by atomic mass is 16.5. The molecule has 2 aliphatic heterocycles. The number of hydrogen-bond donors (Lipinski definition) is 1. The highest BCUT2D eigenvalue weighted by Gasteiger charge is 2.28. The standard InChI is InChI=1S/C22H24N4O4/c27-20-15-26(13-10-24-20)22(29)18-5-1-2-6-19(18)30-17-7-11-25(12-8-17)21(28)16-4-3-9-23-14-16/h1-6,9,14,17H,7-8,10-13,15H2,(H,24,27). The monoisotopic (exact) mass is 408 g/mol. The first kappa shape index (κ1) is 19.9. The van der Waals surface area contributed by atoms with Gasteiger partial charge in [0.15, 0.2) is 0 Å². The maximum atomic E-state index is 12.9. The third-order valence-electron chi connectivity index (χ3n) is 5.37. The number of nitrogens with one attached hydrogen (secondary N) is 1. The first-order valence-corrected chi connectivity index (χ1v) is 10.1. The van der Waals surface area contributed by atoms with Crippen LogP contribution < -0.4 is 10.1 Å². The molecule has 0 spiro atoms. The fourth-order valence-corrected chi connectivity index (χ4v) is 3.76. The van der Waals surface area contributed by atoms with Crippen LogP contribution in [0, 0.1) is 0 Å². The summed E-state index contributed by atoms with van der Waals surface area (Å²) in [5, 5.41) is 2.72. The molecule has 1 aromatic heterocycles. The van der Waals surface area contributed by atoms with Crippen LogP contribution in [-0.4, -0.2) is 71.3 Å².